The minimum Gasteiger partial charge on any atom is -0.497 e. The molecule has 0 bridgehead atoms. The molecular weight excluding hydrogens is 372 g/mol. The lowest BCUT2D eigenvalue weighted by molar-refractivity contribution is -0.119. The minimum absolute atomic E-state index is 0.00414. The third-order valence-electron chi connectivity index (χ3n) is 4.87. The van der Waals surface area contributed by atoms with E-state index in [4.69, 9.17) is 9.47 Å². The van der Waals surface area contributed by atoms with Gasteiger partial charge in [0.15, 0.2) is 0 Å². The van der Waals surface area contributed by atoms with Crippen LogP contribution in [0.15, 0.2) is 59.5 Å². The summed E-state index contributed by atoms with van der Waals surface area (Å²) in [5.41, 5.74) is 1.22. The van der Waals surface area contributed by atoms with E-state index in [1.165, 1.54) is 17.3 Å². The molecule has 2 aromatic rings. The zero-order valence-electron chi connectivity index (χ0n) is 16.5. The summed E-state index contributed by atoms with van der Waals surface area (Å²) >= 11 is 1.53. The van der Waals surface area contributed by atoms with Crippen molar-refractivity contribution < 1.29 is 14.3 Å². The van der Waals surface area contributed by atoms with E-state index in [1.807, 2.05) is 30.3 Å². The molecule has 0 saturated carbocycles. The molecule has 2 atom stereocenters. The number of hydrogen-bond donors (Lipinski definition) is 1. The van der Waals surface area contributed by atoms with Crippen LogP contribution in [-0.4, -0.2) is 56.0 Å². The molecule has 0 aromatic heterocycles. The summed E-state index contributed by atoms with van der Waals surface area (Å²) in [7, 11) is 1.65. The molecule has 1 aliphatic heterocycles. The van der Waals surface area contributed by atoms with Crippen molar-refractivity contribution in [3.05, 3.63) is 60.2 Å². The highest BCUT2D eigenvalue weighted by molar-refractivity contribution is 8.00. The van der Waals surface area contributed by atoms with E-state index in [-0.39, 0.29) is 18.0 Å². The van der Waals surface area contributed by atoms with Gasteiger partial charge >= 0.3 is 0 Å². The largest absolute Gasteiger partial charge is 0.497 e. The molecule has 0 radical (unpaired) electrons. The summed E-state index contributed by atoms with van der Waals surface area (Å²) in [6.07, 6.45) is 0. The molecule has 1 heterocycles. The lowest BCUT2D eigenvalue weighted by Gasteiger charge is -2.38. The first-order chi connectivity index (χ1) is 13.7. The molecular formula is C22H28N2O3S. The predicted octanol–water partition coefficient (Wildman–Crippen LogP) is 3.37. The van der Waals surface area contributed by atoms with Gasteiger partial charge in [0, 0.05) is 24.0 Å². The number of thioether (sulfide) groups is 1. The number of carbonyl (C=O) groups excluding carboxylic acids is 1. The van der Waals surface area contributed by atoms with Gasteiger partial charge in [-0.3, -0.25) is 9.69 Å². The van der Waals surface area contributed by atoms with Crippen molar-refractivity contribution in [3.63, 3.8) is 0 Å². The van der Waals surface area contributed by atoms with Crippen LogP contribution in [0, 0.1) is 0 Å². The van der Waals surface area contributed by atoms with Gasteiger partial charge < -0.3 is 14.8 Å². The lowest BCUT2D eigenvalue weighted by Crippen LogP contribution is -2.48. The monoisotopic (exact) mass is 400 g/mol. The Morgan fingerprint density at radius 3 is 2.46 bits per heavy atom. The molecule has 28 heavy (non-hydrogen) atoms. The van der Waals surface area contributed by atoms with Crippen LogP contribution in [0.4, 0.5) is 0 Å². The number of morpholine rings is 1. The van der Waals surface area contributed by atoms with Crippen LogP contribution in [-0.2, 0) is 9.53 Å². The Hall–Kier alpha value is -2.02. The van der Waals surface area contributed by atoms with Crippen molar-refractivity contribution in [1.29, 1.82) is 0 Å². The molecule has 1 fully saturated rings. The average Bonchev–Trinajstić information content (AvgIpc) is 2.74. The number of benzene rings is 2. The van der Waals surface area contributed by atoms with Gasteiger partial charge in [0.1, 0.15) is 5.75 Å². The molecule has 3 rings (SSSR count). The van der Waals surface area contributed by atoms with E-state index in [0.29, 0.717) is 5.75 Å². The number of hydrogen-bond acceptors (Lipinski definition) is 5. The van der Waals surface area contributed by atoms with E-state index in [1.54, 1.807) is 7.11 Å². The predicted molar refractivity (Wildman–Crippen MR) is 113 cm³/mol. The minimum atomic E-state index is 0.00414. The van der Waals surface area contributed by atoms with Crippen LogP contribution in [0.25, 0.3) is 0 Å². The van der Waals surface area contributed by atoms with Crippen LogP contribution < -0.4 is 10.1 Å². The first kappa shape index (κ1) is 20.7. The molecule has 5 nitrogen and oxygen atoms in total. The second kappa shape index (κ2) is 10.5. The maximum absolute atomic E-state index is 12.6. The fourth-order valence-corrected chi connectivity index (χ4v) is 4.23. The number of ether oxygens (including phenoxy) is 2. The van der Waals surface area contributed by atoms with Crippen molar-refractivity contribution in [2.75, 3.05) is 39.2 Å². The van der Waals surface area contributed by atoms with E-state index >= 15 is 0 Å². The Bertz CT molecular complexity index is 733. The van der Waals surface area contributed by atoms with Gasteiger partial charge in [0.05, 0.1) is 32.1 Å². The van der Waals surface area contributed by atoms with Gasteiger partial charge in [-0.1, -0.05) is 30.3 Å². The summed E-state index contributed by atoms with van der Waals surface area (Å²) in [5, 5.41) is 3.20. The number of amides is 1. The van der Waals surface area contributed by atoms with Gasteiger partial charge in [-0.2, -0.15) is 0 Å². The zero-order chi connectivity index (χ0) is 19.8. The molecule has 1 N–H and O–H groups in total. The molecule has 0 aliphatic carbocycles. The Balaban J connectivity index is 1.60. The topological polar surface area (TPSA) is 50.8 Å². The van der Waals surface area contributed by atoms with Gasteiger partial charge in [-0.05, 0) is 36.8 Å². The third-order valence-corrected chi connectivity index (χ3v) is 5.88. The Morgan fingerprint density at radius 1 is 1.14 bits per heavy atom. The quantitative estimate of drug-likeness (QED) is 0.689. The first-order valence-corrected chi connectivity index (χ1v) is 10.6. The lowest BCUT2D eigenvalue weighted by atomic mass is 9.98. The highest BCUT2D eigenvalue weighted by atomic mass is 32.2. The molecule has 0 spiro atoms. The van der Waals surface area contributed by atoms with Crippen molar-refractivity contribution in [1.82, 2.24) is 10.2 Å². The smallest absolute Gasteiger partial charge is 0.230 e. The second-order valence-corrected chi connectivity index (χ2v) is 7.87. The SMILES string of the molecule is COc1ccc(SCC(=O)N[C@H](C)[C@@H](c2ccccc2)N2CCOCC2)cc1. The van der Waals surface area contributed by atoms with Crippen molar-refractivity contribution >= 4 is 17.7 Å². The van der Waals surface area contributed by atoms with E-state index in [0.717, 1.165) is 36.9 Å². The standard InChI is InChI=1S/C22H28N2O3S/c1-17(23-21(25)16-28-20-10-8-19(26-2)9-11-20)22(18-6-4-3-5-7-18)24-12-14-27-15-13-24/h3-11,17,22H,12-16H2,1-2H3,(H,23,25)/t17-,22+/m1/s1. The summed E-state index contributed by atoms with van der Waals surface area (Å²) in [6, 6.07) is 18.3. The van der Waals surface area contributed by atoms with Crippen molar-refractivity contribution in [3.8, 4) is 5.75 Å². The summed E-state index contributed by atoms with van der Waals surface area (Å²) < 4.78 is 10.7. The van der Waals surface area contributed by atoms with Crippen molar-refractivity contribution in [2.45, 2.75) is 23.9 Å². The number of methoxy groups -OCH3 is 1. The summed E-state index contributed by atoms with van der Waals surface area (Å²) in [5.74, 6) is 1.25. The maximum atomic E-state index is 12.6. The molecule has 150 valence electrons. The highest BCUT2D eigenvalue weighted by Crippen LogP contribution is 2.26. The van der Waals surface area contributed by atoms with Gasteiger partial charge in [-0.25, -0.2) is 0 Å². The van der Waals surface area contributed by atoms with Gasteiger partial charge in [0.2, 0.25) is 5.91 Å². The fraction of sp³-hybridized carbons (Fsp3) is 0.409. The Morgan fingerprint density at radius 2 is 1.82 bits per heavy atom. The van der Waals surface area contributed by atoms with Crippen LogP contribution in [0.5, 0.6) is 5.75 Å². The van der Waals surface area contributed by atoms with E-state index in [9.17, 15) is 4.79 Å². The molecule has 0 unspecified atom stereocenters. The number of nitrogens with zero attached hydrogens (tertiary/aromatic N) is 1. The molecule has 1 aliphatic rings. The molecule has 1 amide bonds. The van der Waals surface area contributed by atoms with Gasteiger partial charge in [0.25, 0.3) is 0 Å². The van der Waals surface area contributed by atoms with Crippen LogP contribution in [0.1, 0.15) is 18.5 Å². The molecule has 6 heteroatoms. The van der Waals surface area contributed by atoms with E-state index < -0.39 is 0 Å². The third kappa shape index (κ3) is 5.74. The molecule has 1 saturated heterocycles. The van der Waals surface area contributed by atoms with Crippen LogP contribution in [0.3, 0.4) is 0 Å². The van der Waals surface area contributed by atoms with Gasteiger partial charge in [-0.15, -0.1) is 11.8 Å². The van der Waals surface area contributed by atoms with Crippen LogP contribution >= 0.6 is 11.8 Å². The van der Waals surface area contributed by atoms with E-state index in [2.05, 4.69) is 41.4 Å². The maximum Gasteiger partial charge on any atom is 0.230 e. The number of rotatable bonds is 8. The van der Waals surface area contributed by atoms with Crippen molar-refractivity contribution in [2.24, 2.45) is 0 Å². The summed E-state index contributed by atoms with van der Waals surface area (Å²) in [6.45, 7) is 5.30. The van der Waals surface area contributed by atoms with Crippen LogP contribution in [0.2, 0.25) is 0 Å². The highest BCUT2D eigenvalue weighted by Gasteiger charge is 2.28. The Kier molecular flexibility index (Phi) is 7.77. The average molecular weight is 401 g/mol. The second-order valence-electron chi connectivity index (χ2n) is 6.82. The summed E-state index contributed by atoms with van der Waals surface area (Å²) in [4.78, 5) is 16.0. The number of carbonyl (C=O) groups is 1. The molecule has 2 aromatic carbocycles. The normalized spacial score (nSPS) is 16.9. The number of nitrogens with one attached hydrogen (secondary N) is 1. The zero-order valence-corrected chi connectivity index (χ0v) is 17.3. The Labute approximate surface area is 171 Å². The fourth-order valence-electron chi connectivity index (χ4n) is 3.52. The first-order valence-electron chi connectivity index (χ1n) is 9.60.